The number of sulfonamides is 1. The van der Waals surface area contributed by atoms with E-state index in [1.54, 1.807) is 19.1 Å². The first-order valence-corrected chi connectivity index (χ1v) is 13.9. The Kier molecular flexibility index (Phi) is 7.20. The fraction of sp³-hybridized carbons (Fsp3) is 0.241. The number of carbonyl (C=O) groups is 1. The molecule has 0 saturated carbocycles. The summed E-state index contributed by atoms with van der Waals surface area (Å²) in [6.45, 7) is 2.67. The van der Waals surface area contributed by atoms with Crippen molar-refractivity contribution >= 4 is 38.3 Å². The number of anilines is 2. The third kappa shape index (κ3) is 5.02. The maximum Gasteiger partial charge on any atom is 0.328 e. The van der Waals surface area contributed by atoms with Crippen molar-refractivity contribution in [2.45, 2.75) is 30.2 Å². The Balaban J connectivity index is 1.52. The molecule has 0 bridgehead atoms. The minimum absolute atomic E-state index is 0.110. The number of aromatic nitrogens is 1. The van der Waals surface area contributed by atoms with E-state index in [0.717, 1.165) is 10.9 Å². The second-order valence-electron chi connectivity index (χ2n) is 9.09. The number of fused-ring (bicyclic) bond motifs is 1. The summed E-state index contributed by atoms with van der Waals surface area (Å²) in [6, 6.07) is 23.2. The summed E-state index contributed by atoms with van der Waals surface area (Å²) in [6.07, 6.45) is 2.11. The van der Waals surface area contributed by atoms with Crippen molar-refractivity contribution < 1.29 is 22.7 Å². The molecule has 9 heteroatoms. The number of hydrogen-bond donors (Lipinski definition) is 1. The molecule has 2 atom stereocenters. The fourth-order valence-electron chi connectivity index (χ4n) is 4.95. The lowest BCUT2D eigenvalue weighted by Crippen LogP contribution is -2.38. The minimum Gasteiger partial charge on any atom is -0.497 e. The van der Waals surface area contributed by atoms with Crippen LogP contribution in [0.2, 0.25) is 0 Å². The van der Waals surface area contributed by atoms with Gasteiger partial charge in [-0.3, -0.25) is 4.72 Å². The van der Waals surface area contributed by atoms with E-state index in [-0.39, 0.29) is 16.8 Å². The molecule has 1 fully saturated rings. The van der Waals surface area contributed by atoms with Gasteiger partial charge in [0.15, 0.2) is 0 Å². The molecule has 196 valence electrons. The zero-order chi connectivity index (χ0) is 26.7. The molecule has 8 nitrogen and oxygen atoms in total. The third-order valence-corrected chi connectivity index (χ3v) is 8.17. The first-order chi connectivity index (χ1) is 18.4. The lowest BCUT2D eigenvalue weighted by atomic mass is 9.96. The molecule has 1 saturated heterocycles. The topological polar surface area (TPSA) is 97.8 Å². The highest BCUT2D eigenvalue weighted by atomic mass is 32.2. The molecule has 0 radical (unpaired) electrons. The van der Waals surface area contributed by atoms with Crippen LogP contribution in [0.25, 0.3) is 10.8 Å². The van der Waals surface area contributed by atoms with Crippen molar-refractivity contribution in [3.8, 4) is 5.75 Å². The standard InChI is InChI=1S/C29H29N3O5S/c1-3-37-29(33)27-17-21(20-9-5-4-6-10-20)19-32(27)28-25-12-8-7-11-24(25)26(18-30-28)31-38(34,35)23-15-13-22(36-2)14-16-23/h4-16,18,21,27,31H,3,17,19H2,1-2H3/t21-,27+/m1/s1. The molecule has 0 unspecified atom stereocenters. The summed E-state index contributed by atoms with van der Waals surface area (Å²) in [5, 5.41) is 1.42. The van der Waals surface area contributed by atoms with E-state index in [4.69, 9.17) is 9.47 Å². The summed E-state index contributed by atoms with van der Waals surface area (Å²) >= 11 is 0. The van der Waals surface area contributed by atoms with E-state index in [9.17, 15) is 13.2 Å². The van der Waals surface area contributed by atoms with Crippen LogP contribution in [0.1, 0.15) is 24.8 Å². The molecule has 38 heavy (non-hydrogen) atoms. The van der Waals surface area contributed by atoms with Crippen molar-refractivity contribution in [1.29, 1.82) is 0 Å². The molecule has 1 N–H and O–H groups in total. The summed E-state index contributed by atoms with van der Waals surface area (Å²) in [4.78, 5) is 19.8. The molecule has 1 aromatic heterocycles. The number of pyridine rings is 1. The highest BCUT2D eigenvalue weighted by molar-refractivity contribution is 7.92. The lowest BCUT2D eigenvalue weighted by molar-refractivity contribution is -0.144. The number of nitrogens with one attached hydrogen (secondary N) is 1. The number of benzene rings is 3. The van der Waals surface area contributed by atoms with Gasteiger partial charge in [0, 0.05) is 23.2 Å². The number of rotatable bonds is 8. The minimum atomic E-state index is -3.87. The van der Waals surface area contributed by atoms with Crippen LogP contribution >= 0.6 is 0 Å². The van der Waals surface area contributed by atoms with Crippen LogP contribution in [-0.2, 0) is 19.6 Å². The highest BCUT2D eigenvalue weighted by Crippen LogP contribution is 2.39. The van der Waals surface area contributed by atoms with E-state index in [1.165, 1.54) is 25.4 Å². The quantitative estimate of drug-likeness (QED) is 0.321. The predicted molar refractivity (Wildman–Crippen MR) is 147 cm³/mol. The third-order valence-electron chi connectivity index (χ3n) is 6.79. The molecule has 0 aliphatic carbocycles. The van der Waals surface area contributed by atoms with Gasteiger partial charge < -0.3 is 14.4 Å². The monoisotopic (exact) mass is 531 g/mol. The Labute approximate surface area is 222 Å². The second-order valence-corrected chi connectivity index (χ2v) is 10.8. The van der Waals surface area contributed by atoms with Gasteiger partial charge in [0.05, 0.1) is 30.5 Å². The van der Waals surface area contributed by atoms with Crippen molar-refractivity contribution in [2.75, 3.05) is 29.9 Å². The lowest BCUT2D eigenvalue weighted by Gasteiger charge is -2.26. The molecule has 1 aliphatic heterocycles. The molecule has 0 amide bonds. The Morgan fingerprint density at radius 3 is 2.37 bits per heavy atom. The molecular weight excluding hydrogens is 502 g/mol. The average Bonchev–Trinajstić information content (AvgIpc) is 3.39. The van der Waals surface area contributed by atoms with Gasteiger partial charge in [-0.15, -0.1) is 0 Å². The zero-order valence-electron chi connectivity index (χ0n) is 21.2. The molecular formula is C29H29N3O5S. The van der Waals surface area contributed by atoms with Crippen LogP contribution in [-0.4, -0.2) is 45.7 Å². The van der Waals surface area contributed by atoms with Crippen LogP contribution in [0.3, 0.4) is 0 Å². The molecule has 1 aliphatic rings. The van der Waals surface area contributed by atoms with Crippen LogP contribution in [0, 0.1) is 0 Å². The fourth-order valence-corrected chi connectivity index (χ4v) is 6.01. The largest absolute Gasteiger partial charge is 0.497 e. The van der Waals surface area contributed by atoms with E-state index < -0.39 is 16.1 Å². The normalized spacial score (nSPS) is 17.4. The van der Waals surface area contributed by atoms with Gasteiger partial charge >= 0.3 is 5.97 Å². The van der Waals surface area contributed by atoms with Crippen LogP contribution < -0.4 is 14.4 Å². The van der Waals surface area contributed by atoms with Gasteiger partial charge in [0.25, 0.3) is 10.0 Å². The van der Waals surface area contributed by atoms with E-state index in [0.29, 0.717) is 42.2 Å². The van der Waals surface area contributed by atoms with Crippen molar-refractivity contribution in [3.05, 3.63) is 90.6 Å². The molecule has 2 heterocycles. The van der Waals surface area contributed by atoms with Crippen LogP contribution in [0.4, 0.5) is 11.5 Å². The van der Waals surface area contributed by atoms with Gasteiger partial charge in [-0.1, -0.05) is 54.6 Å². The van der Waals surface area contributed by atoms with Crippen molar-refractivity contribution in [3.63, 3.8) is 0 Å². The smallest absolute Gasteiger partial charge is 0.328 e. The molecule has 4 aromatic rings. The SMILES string of the molecule is CCOC(=O)[C@@H]1C[C@@H](c2ccccc2)CN1c1ncc(NS(=O)(=O)c2ccc(OC)cc2)c2ccccc12. The molecule has 5 rings (SSSR count). The first kappa shape index (κ1) is 25.5. The second kappa shape index (κ2) is 10.7. The number of carbonyl (C=O) groups excluding carboxylic acids is 1. The van der Waals surface area contributed by atoms with Crippen molar-refractivity contribution in [2.24, 2.45) is 0 Å². The average molecular weight is 532 g/mol. The Morgan fingerprint density at radius 1 is 1.00 bits per heavy atom. The maximum absolute atomic E-state index is 13.1. The van der Waals surface area contributed by atoms with Gasteiger partial charge in [0.1, 0.15) is 17.6 Å². The Hall–Kier alpha value is -4.11. The first-order valence-electron chi connectivity index (χ1n) is 12.4. The number of esters is 1. The zero-order valence-corrected chi connectivity index (χ0v) is 22.0. The highest BCUT2D eigenvalue weighted by Gasteiger charge is 2.40. The molecule has 0 spiro atoms. The number of methoxy groups -OCH3 is 1. The number of hydrogen-bond acceptors (Lipinski definition) is 7. The summed E-state index contributed by atoms with van der Waals surface area (Å²) < 4.78 is 39.5. The van der Waals surface area contributed by atoms with Crippen LogP contribution in [0.5, 0.6) is 5.75 Å². The maximum atomic E-state index is 13.1. The summed E-state index contributed by atoms with van der Waals surface area (Å²) in [5.74, 6) is 1.01. The van der Waals surface area contributed by atoms with E-state index in [2.05, 4.69) is 21.8 Å². The summed E-state index contributed by atoms with van der Waals surface area (Å²) in [5.41, 5.74) is 1.50. The van der Waals surface area contributed by atoms with Gasteiger partial charge in [0.2, 0.25) is 0 Å². The molecule has 3 aromatic carbocycles. The van der Waals surface area contributed by atoms with Gasteiger partial charge in [-0.25, -0.2) is 18.2 Å². The Morgan fingerprint density at radius 2 is 1.68 bits per heavy atom. The van der Waals surface area contributed by atoms with Gasteiger partial charge in [-0.2, -0.15) is 0 Å². The van der Waals surface area contributed by atoms with Crippen molar-refractivity contribution in [1.82, 2.24) is 4.98 Å². The number of ether oxygens (including phenoxy) is 2. The number of nitrogens with zero attached hydrogens (tertiary/aromatic N) is 2. The Bertz CT molecular complexity index is 1540. The van der Waals surface area contributed by atoms with E-state index >= 15 is 0 Å². The van der Waals surface area contributed by atoms with Gasteiger partial charge in [-0.05, 0) is 43.2 Å². The van der Waals surface area contributed by atoms with Crippen LogP contribution in [0.15, 0.2) is 90.0 Å². The predicted octanol–water partition coefficient (Wildman–Crippen LogP) is 4.97. The van der Waals surface area contributed by atoms with E-state index in [1.807, 2.05) is 47.4 Å². The summed E-state index contributed by atoms with van der Waals surface area (Å²) in [7, 11) is -2.35.